The molecule has 0 heterocycles. The minimum absolute atomic E-state index is 0.192. The second-order valence-corrected chi connectivity index (χ2v) is 3.97. The molecule has 0 rings (SSSR count). The average Bonchev–Trinajstić information content (AvgIpc) is 2.12. The summed E-state index contributed by atoms with van der Waals surface area (Å²) in [5.74, 6) is 0.675. The number of aliphatic hydroxyl groups excluding tert-OH is 1. The lowest BCUT2D eigenvalue weighted by atomic mass is 10.0. The molecule has 3 heteroatoms. The third kappa shape index (κ3) is 6.02. The first kappa shape index (κ1) is 12.9. The molecule has 0 saturated carbocycles. The van der Waals surface area contributed by atoms with Crippen LogP contribution in [0.4, 0.5) is 0 Å². The van der Waals surface area contributed by atoms with Crippen molar-refractivity contribution in [3.05, 3.63) is 0 Å². The Morgan fingerprint density at radius 2 is 1.85 bits per heavy atom. The van der Waals surface area contributed by atoms with E-state index in [-0.39, 0.29) is 6.61 Å². The van der Waals surface area contributed by atoms with Crippen molar-refractivity contribution in [2.45, 2.75) is 39.2 Å². The molecule has 0 aliphatic heterocycles. The van der Waals surface area contributed by atoms with E-state index in [2.05, 4.69) is 19.2 Å². The molecule has 0 aliphatic rings. The molecule has 80 valence electrons. The third-order valence-electron chi connectivity index (χ3n) is 2.43. The molecule has 0 aliphatic carbocycles. The van der Waals surface area contributed by atoms with E-state index in [0.717, 1.165) is 19.4 Å². The fraction of sp³-hybridized carbons (Fsp3) is 1.00. The van der Waals surface area contributed by atoms with Crippen LogP contribution in [-0.2, 0) is 0 Å². The van der Waals surface area contributed by atoms with Gasteiger partial charge in [-0.2, -0.15) is 0 Å². The van der Waals surface area contributed by atoms with Crippen molar-refractivity contribution in [1.29, 1.82) is 0 Å². The quantitative estimate of drug-likeness (QED) is 0.554. The van der Waals surface area contributed by atoms with Crippen LogP contribution in [0.5, 0.6) is 0 Å². The lowest BCUT2D eigenvalue weighted by molar-refractivity contribution is 0.00218. The number of hydrogen-bond acceptors (Lipinski definition) is 3. The van der Waals surface area contributed by atoms with Gasteiger partial charge < -0.3 is 15.5 Å². The molecule has 13 heavy (non-hydrogen) atoms. The zero-order chi connectivity index (χ0) is 10.3. The van der Waals surface area contributed by atoms with E-state index in [1.54, 1.807) is 6.92 Å². The summed E-state index contributed by atoms with van der Waals surface area (Å²) in [6.07, 6.45) is 2.32. The maximum absolute atomic E-state index is 9.47. The van der Waals surface area contributed by atoms with E-state index < -0.39 is 5.60 Å². The van der Waals surface area contributed by atoms with Crippen LogP contribution in [0.15, 0.2) is 0 Å². The standard InChI is InChI=1S/C10H23NO2/c1-4-9(5-2)6-11-7-10(3,13)8-12/h9,11-13H,4-8H2,1-3H3. The Bertz CT molecular complexity index is 122. The predicted molar refractivity (Wildman–Crippen MR) is 54.7 cm³/mol. The summed E-state index contributed by atoms with van der Waals surface area (Å²) in [7, 11) is 0. The van der Waals surface area contributed by atoms with E-state index in [0.29, 0.717) is 12.5 Å². The van der Waals surface area contributed by atoms with Gasteiger partial charge in [0, 0.05) is 6.54 Å². The number of nitrogens with one attached hydrogen (secondary N) is 1. The van der Waals surface area contributed by atoms with E-state index >= 15 is 0 Å². The average molecular weight is 189 g/mol. The molecule has 1 atom stereocenters. The van der Waals surface area contributed by atoms with Crippen molar-refractivity contribution in [2.24, 2.45) is 5.92 Å². The van der Waals surface area contributed by atoms with Crippen molar-refractivity contribution < 1.29 is 10.2 Å². The molecule has 3 nitrogen and oxygen atoms in total. The summed E-state index contributed by atoms with van der Waals surface area (Å²) in [4.78, 5) is 0. The molecule has 0 aromatic rings. The molecule has 0 aromatic carbocycles. The fourth-order valence-corrected chi connectivity index (χ4v) is 1.18. The predicted octanol–water partition coefficient (Wildman–Crippen LogP) is 0.755. The SMILES string of the molecule is CCC(CC)CNCC(C)(O)CO. The molecular weight excluding hydrogens is 166 g/mol. The van der Waals surface area contributed by atoms with E-state index in [1.807, 2.05) is 0 Å². The van der Waals surface area contributed by atoms with Gasteiger partial charge in [-0.3, -0.25) is 0 Å². The number of aliphatic hydroxyl groups is 2. The van der Waals surface area contributed by atoms with Gasteiger partial charge >= 0.3 is 0 Å². The van der Waals surface area contributed by atoms with Gasteiger partial charge in [-0.25, -0.2) is 0 Å². The Balaban J connectivity index is 3.54. The minimum Gasteiger partial charge on any atom is -0.393 e. The highest BCUT2D eigenvalue weighted by atomic mass is 16.3. The van der Waals surface area contributed by atoms with Crippen molar-refractivity contribution in [3.63, 3.8) is 0 Å². The second-order valence-electron chi connectivity index (χ2n) is 3.97. The Morgan fingerprint density at radius 3 is 2.23 bits per heavy atom. The number of rotatable bonds is 7. The zero-order valence-corrected chi connectivity index (χ0v) is 9.01. The highest BCUT2D eigenvalue weighted by Gasteiger charge is 2.18. The topological polar surface area (TPSA) is 52.5 Å². The molecule has 0 aromatic heterocycles. The number of hydrogen-bond donors (Lipinski definition) is 3. The monoisotopic (exact) mass is 189 g/mol. The van der Waals surface area contributed by atoms with E-state index in [4.69, 9.17) is 5.11 Å². The van der Waals surface area contributed by atoms with E-state index in [9.17, 15) is 5.11 Å². The molecule has 0 spiro atoms. The molecule has 0 radical (unpaired) electrons. The van der Waals surface area contributed by atoms with Crippen molar-refractivity contribution in [1.82, 2.24) is 5.32 Å². The summed E-state index contributed by atoms with van der Waals surface area (Å²) < 4.78 is 0. The third-order valence-corrected chi connectivity index (χ3v) is 2.43. The maximum Gasteiger partial charge on any atom is 0.0972 e. The molecule has 1 unspecified atom stereocenters. The Kier molecular flexibility index (Phi) is 6.29. The van der Waals surface area contributed by atoms with Gasteiger partial charge in [0.1, 0.15) is 0 Å². The molecule has 3 N–H and O–H groups in total. The smallest absolute Gasteiger partial charge is 0.0972 e. The van der Waals surface area contributed by atoms with Crippen molar-refractivity contribution in [2.75, 3.05) is 19.7 Å². The second kappa shape index (κ2) is 6.35. The van der Waals surface area contributed by atoms with Gasteiger partial charge in [0.05, 0.1) is 12.2 Å². The van der Waals surface area contributed by atoms with Crippen LogP contribution < -0.4 is 5.32 Å². The van der Waals surface area contributed by atoms with Crippen LogP contribution in [0.2, 0.25) is 0 Å². The lowest BCUT2D eigenvalue weighted by Crippen LogP contribution is -2.42. The first-order chi connectivity index (χ1) is 6.05. The highest BCUT2D eigenvalue weighted by Crippen LogP contribution is 2.06. The van der Waals surface area contributed by atoms with Gasteiger partial charge in [0.2, 0.25) is 0 Å². The van der Waals surface area contributed by atoms with Gasteiger partial charge in [-0.05, 0) is 19.4 Å². The Labute approximate surface area is 81.2 Å². The summed E-state index contributed by atoms with van der Waals surface area (Å²) in [6, 6.07) is 0. The van der Waals surface area contributed by atoms with Crippen LogP contribution in [-0.4, -0.2) is 35.5 Å². The zero-order valence-electron chi connectivity index (χ0n) is 9.01. The maximum atomic E-state index is 9.47. The van der Waals surface area contributed by atoms with Gasteiger partial charge in [-0.1, -0.05) is 26.7 Å². The van der Waals surface area contributed by atoms with Crippen LogP contribution in [0.25, 0.3) is 0 Å². The lowest BCUT2D eigenvalue weighted by Gasteiger charge is -2.22. The minimum atomic E-state index is -0.980. The fourth-order valence-electron chi connectivity index (χ4n) is 1.18. The first-order valence-electron chi connectivity index (χ1n) is 5.09. The normalized spacial score (nSPS) is 16.2. The van der Waals surface area contributed by atoms with Gasteiger partial charge in [0.25, 0.3) is 0 Å². The molecule has 0 fully saturated rings. The summed E-state index contributed by atoms with van der Waals surface area (Å²) in [6.45, 7) is 7.15. The van der Waals surface area contributed by atoms with E-state index in [1.165, 1.54) is 0 Å². The summed E-state index contributed by atoms with van der Waals surface area (Å²) in [5, 5.41) is 21.4. The highest BCUT2D eigenvalue weighted by molar-refractivity contribution is 4.74. The summed E-state index contributed by atoms with van der Waals surface area (Å²) in [5.41, 5.74) is -0.980. The largest absolute Gasteiger partial charge is 0.393 e. The van der Waals surface area contributed by atoms with Crippen LogP contribution >= 0.6 is 0 Å². The van der Waals surface area contributed by atoms with Crippen molar-refractivity contribution >= 4 is 0 Å². The molecule has 0 bridgehead atoms. The van der Waals surface area contributed by atoms with Crippen molar-refractivity contribution in [3.8, 4) is 0 Å². The van der Waals surface area contributed by atoms with Crippen LogP contribution in [0.1, 0.15) is 33.6 Å². The molecule has 0 saturated heterocycles. The van der Waals surface area contributed by atoms with Crippen LogP contribution in [0.3, 0.4) is 0 Å². The Morgan fingerprint density at radius 1 is 1.31 bits per heavy atom. The van der Waals surface area contributed by atoms with Crippen LogP contribution in [0, 0.1) is 5.92 Å². The van der Waals surface area contributed by atoms with Gasteiger partial charge in [-0.15, -0.1) is 0 Å². The van der Waals surface area contributed by atoms with Gasteiger partial charge in [0.15, 0.2) is 0 Å². The summed E-state index contributed by atoms with van der Waals surface area (Å²) >= 11 is 0. The first-order valence-corrected chi connectivity index (χ1v) is 5.09. The Hall–Kier alpha value is -0.120. The molecular formula is C10H23NO2. The molecule has 0 amide bonds.